The molecule has 1 aliphatic rings. The van der Waals surface area contributed by atoms with Gasteiger partial charge in [0.05, 0.1) is 0 Å². The van der Waals surface area contributed by atoms with E-state index in [1.807, 2.05) is 0 Å². The van der Waals surface area contributed by atoms with E-state index in [0.29, 0.717) is 6.54 Å². The summed E-state index contributed by atoms with van der Waals surface area (Å²) in [5.74, 6) is 0.593. The predicted octanol–water partition coefficient (Wildman–Crippen LogP) is 2.63. The van der Waals surface area contributed by atoms with Crippen LogP contribution in [-0.2, 0) is 6.42 Å². The van der Waals surface area contributed by atoms with Crippen molar-refractivity contribution in [1.29, 1.82) is 0 Å². The topological polar surface area (TPSA) is 21.3 Å². The molecule has 1 aromatic rings. The largest absolute Gasteiger partial charge is 0.488 e. The molecule has 0 saturated heterocycles. The fourth-order valence-electron chi connectivity index (χ4n) is 1.77. The molecule has 1 unspecified atom stereocenters. The van der Waals surface area contributed by atoms with Crippen molar-refractivity contribution in [2.75, 3.05) is 13.1 Å². The van der Waals surface area contributed by atoms with E-state index in [1.54, 1.807) is 12.1 Å². The van der Waals surface area contributed by atoms with Crippen LogP contribution in [0.1, 0.15) is 5.56 Å². The van der Waals surface area contributed by atoms with Crippen LogP contribution < -0.4 is 10.1 Å². The van der Waals surface area contributed by atoms with Crippen molar-refractivity contribution in [3.05, 3.63) is 40.6 Å². The fraction of sp³-hybridized carbons (Fsp3) is 0.333. The first-order valence-corrected chi connectivity index (χ1v) is 5.93. The second kappa shape index (κ2) is 4.97. The highest BCUT2D eigenvalue weighted by molar-refractivity contribution is 9.11. The highest BCUT2D eigenvalue weighted by Crippen LogP contribution is 2.28. The second-order valence-electron chi connectivity index (χ2n) is 3.84. The first kappa shape index (κ1) is 11.6. The Morgan fingerprint density at radius 3 is 3.19 bits per heavy atom. The van der Waals surface area contributed by atoms with Crippen LogP contribution in [0.5, 0.6) is 5.75 Å². The molecule has 16 heavy (non-hydrogen) atoms. The van der Waals surface area contributed by atoms with Gasteiger partial charge < -0.3 is 10.1 Å². The van der Waals surface area contributed by atoms with E-state index in [4.69, 9.17) is 4.74 Å². The summed E-state index contributed by atoms with van der Waals surface area (Å²) < 4.78 is 19.5. The Hall–Kier alpha value is -0.870. The van der Waals surface area contributed by atoms with Gasteiger partial charge in [-0.1, -0.05) is 22.5 Å². The molecule has 1 aromatic carbocycles. The maximum Gasteiger partial charge on any atom is 0.123 e. The summed E-state index contributed by atoms with van der Waals surface area (Å²) in [5.41, 5.74) is 0.949. The summed E-state index contributed by atoms with van der Waals surface area (Å²) in [5, 5.41) is 3.21. The van der Waals surface area contributed by atoms with Gasteiger partial charge in [-0.3, -0.25) is 0 Å². The standard InChI is InChI=1S/C12H13BrFNO/c1-8(13)6-15-7-11-5-9-4-10(14)2-3-12(9)16-11/h2-4,11,15H,1,5-7H2. The van der Waals surface area contributed by atoms with Crippen LogP contribution in [0.2, 0.25) is 0 Å². The minimum absolute atomic E-state index is 0.0867. The van der Waals surface area contributed by atoms with Crippen LogP contribution in [0.4, 0.5) is 4.39 Å². The van der Waals surface area contributed by atoms with Gasteiger partial charge in [0.1, 0.15) is 17.7 Å². The lowest BCUT2D eigenvalue weighted by atomic mass is 10.1. The summed E-state index contributed by atoms with van der Waals surface area (Å²) in [6.45, 7) is 5.18. The van der Waals surface area contributed by atoms with E-state index < -0.39 is 0 Å². The molecule has 0 saturated carbocycles. The van der Waals surface area contributed by atoms with Crippen molar-refractivity contribution in [2.24, 2.45) is 0 Å². The molecule has 1 heterocycles. The summed E-state index contributed by atoms with van der Waals surface area (Å²) in [4.78, 5) is 0. The first-order valence-electron chi connectivity index (χ1n) is 5.14. The maximum atomic E-state index is 13.0. The van der Waals surface area contributed by atoms with Crippen LogP contribution >= 0.6 is 15.9 Å². The minimum atomic E-state index is -0.204. The summed E-state index contributed by atoms with van der Waals surface area (Å²) in [6.07, 6.45) is 0.845. The molecule has 1 N–H and O–H groups in total. The van der Waals surface area contributed by atoms with Crippen molar-refractivity contribution in [3.63, 3.8) is 0 Å². The molecule has 0 radical (unpaired) electrons. The maximum absolute atomic E-state index is 13.0. The lowest BCUT2D eigenvalue weighted by Crippen LogP contribution is -2.30. The number of ether oxygens (including phenoxy) is 1. The summed E-state index contributed by atoms with van der Waals surface area (Å²) in [7, 11) is 0. The van der Waals surface area contributed by atoms with E-state index in [0.717, 1.165) is 28.8 Å². The number of hydrogen-bond donors (Lipinski definition) is 1. The lowest BCUT2D eigenvalue weighted by molar-refractivity contribution is 0.229. The van der Waals surface area contributed by atoms with Gasteiger partial charge in [0.25, 0.3) is 0 Å². The number of fused-ring (bicyclic) bond motifs is 1. The van der Waals surface area contributed by atoms with Gasteiger partial charge in [-0.15, -0.1) is 0 Å². The third-order valence-electron chi connectivity index (χ3n) is 2.45. The molecular weight excluding hydrogens is 273 g/mol. The first-order chi connectivity index (χ1) is 7.65. The Bertz CT molecular complexity index is 408. The van der Waals surface area contributed by atoms with Crippen LogP contribution in [0.3, 0.4) is 0 Å². The quantitative estimate of drug-likeness (QED) is 0.918. The third-order valence-corrected chi connectivity index (χ3v) is 2.73. The fourth-order valence-corrected chi connectivity index (χ4v) is 1.97. The molecule has 1 atom stereocenters. The van der Waals surface area contributed by atoms with Crippen molar-refractivity contribution >= 4 is 15.9 Å². The average Bonchev–Trinajstić information content (AvgIpc) is 2.58. The molecule has 0 bridgehead atoms. The van der Waals surface area contributed by atoms with E-state index in [-0.39, 0.29) is 11.9 Å². The number of benzene rings is 1. The average molecular weight is 286 g/mol. The van der Waals surface area contributed by atoms with Gasteiger partial charge in [-0.05, 0) is 18.2 Å². The zero-order valence-corrected chi connectivity index (χ0v) is 10.4. The lowest BCUT2D eigenvalue weighted by Gasteiger charge is -2.11. The van der Waals surface area contributed by atoms with Crippen molar-refractivity contribution < 1.29 is 9.13 Å². The van der Waals surface area contributed by atoms with Crippen molar-refractivity contribution in [2.45, 2.75) is 12.5 Å². The van der Waals surface area contributed by atoms with Gasteiger partial charge >= 0.3 is 0 Å². The SMILES string of the molecule is C=C(Br)CNCC1Cc2cc(F)ccc2O1. The van der Waals surface area contributed by atoms with Crippen LogP contribution in [0, 0.1) is 5.82 Å². The molecule has 4 heteroatoms. The Morgan fingerprint density at radius 2 is 2.44 bits per heavy atom. The Morgan fingerprint density at radius 1 is 1.62 bits per heavy atom. The molecule has 0 fully saturated rings. The number of hydrogen-bond acceptors (Lipinski definition) is 2. The van der Waals surface area contributed by atoms with Crippen molar-refractivity contribution in [3.8, 4) is 5.75 Å². The Balaban J connectivity index is 1.88. The van der Waals surface area contributed by atoms with Gasteiger partial charge in [-0.25, -0.2) is 4.39 Å². The van der Waals surface area contributed by atoms with Gasteiger partial charge in [0.2, 0.25) is 0 Å². The molecule has 86 valence electrons. The number of rotatable bonds is 4. The summed E-state index contributed by atoms with van der Waals surface area (Å²) >= 11 is 3.27. The van der Waals surface area contributed by atoms with Crippen LogP contribution in [0.25, 0.3) is 0 Å². The number of halogens is 2. The second-order valence-corrected chi connectivity index (χ2v) is 4.97. The van der Waals surface area contributed by atoms with Gasteiger partial charge in [-0.2, -0.15) is 0 Å². The minimum Gasteiger partial charge on any atom is -0.488 e. The zero-order chi connectivity index (χ0) is 11.5. The molecule has 0 amide bonds. The molecule has 2 rings (SSSR count). The Labute approximate surface area is 103 Å². The smallest absolute Gasteiger partial charge is 0.123 e. The van der Waals surface area contributed by atoms with Crippen LogP contribution in [-0.4, -0.2) is 19.2 Å². The molecular formula is C12H13BrFNO. The van der Waals surface area contributed by atoms with Gasteiger partial charge in [0.15, 0.2) is 0 Å². The van der Waals surface area contributed by atoms with E-state index in [9.17, 15) is 4.39 Å². The summed E-state index contributed by atoms with van der Waals surface area (Å²) in [6, 6.07) is 4.65. The third kappa shape index (κ3) is 2.83. The highest BCUT2D eigenvalue weighted by Gasteiger charge is 2.22. The predicted molar refractivity (Wildman–Crippen MR) is 65.5 cm³/mol. The molecule has 2 nitrogen and oxygen atoms in total. The van der Waals surface area contributed by atoms with E-state index >= 15 is 0 Å². The van der Waals surface area contributed by atoms with Gasteiger partial charge in [0, 0.05) is 29.6 Å². The van der Waals surface area contributed by atoms with Crippen molar-refractivity contribution in [1.82, 2.24) is 5.32 Å². The normalized spacial score (nSPS) is 18.0. The highest BCUT2D eigenvalue weighted by atomic mass is 79.9. The van der Waals surface area contributed by atoms with E-state index in [1.165, 1.54) is 6.07 Å². The number of nitrogens with one attached hydrogen (secondary N) is 1. The molecule has 0 aromatic heterocycles. The van der Waals surface area contributed by atoms with Crippen LogP contribution in [0.15, 0.2) is 29.3 Å². The molecule has 1 aliphatic heterocycles. The molecule has 0 aliphatic carbocycles. The molecule has 0 spiro atoms. The van der Waals surface area contributed by atoms with E-state index in [2.05, 4.69) is 27.8 Å². The monoisotopic (exact) mass is 285 g/mol. The Kier molecular flexibility index (Phi) is 3.61. The zero-order valence-electron chi connectivity index (χ0n) is 8.80.